The van der Waals surface area contributed by atoms with Crippen molar-refractivity contribution in [2.24, 2.45) is 17.6 Å². The summed E-state index contributed by atoms with van der Waals surface area (Å²) in [4.78, 5) is 14.1. The summed E-state index contributed by atoms with van der Waals surface area (Å²) in [5.41, 5.74) is 8.73. The molecule has 3 aromatic rings. The molecule has 1 saturated carbocycles. The lowest BCUT2D eigenvalue weighted by molar-refractivity contribution is -0.120. The van der Waals surface area contributed by atoms with Gasteiger partial charge in [0.1, 0.15) is 0 Å². The molecular formula is C22H27ClN6O. The number of halogens is 1. The van der Waals surface area contributed by atoms with Crippen molar-refractivity contribution in [3.63, 3.8) is 0 Å². The van der Waals surface area contributed by atoms with E-state index < -0.39 is 0 Å². The Balaban J connectivity index is 0.00000256. The van der Waals surface area contributed by atoms with Crippen LogP contribution in [0.4, 0.5) is 5.69 Å². The van der Waals surface area contributed by atoms with Gasteiger partial charge in [-0.1, -0.05) is 48.9 Å². The van der Waals surface area contributed by atoms with E-state index in [0.29, 0.717) is 24.8 Å². The fraction of sp³-hybridized carbons (Fsp3) is 0.364. The van der Waals surface area contributed by atoms with Crippen molar-refractivity contribution >= 4 is 24.0 Å². The van der Waals surface area contributed by atoms with Crippen molar-refractivity contribution < 1.29 is 4.79 Å². The lowest BCUT2D eigenvalue weighted by Gasteiger charge is -2.17. The minimum atomic E-state index is 0. The van der Waals surface area contributed by atoms with Gasteiger partial charge in [-0.05, 0) is 54.6 Å². The molecule has 2 atom stereocenters. The van der Waals surface area contributed by atoms with Crippen molar-refractivity contribution in [1.29, 1.82) is 0 Å². The van der Waals surface area contributed by atoms with Gasteiger partial charge in [0.25, 0.3) is 0 Å². The largest absolute Gasteiger partial charge is 0.330 e. The van der Waals surface area contributed by atoms with Crippen molar-refractivity contribution in [1.82, 2.24) is 20.2 Å². The lowest BCUT2D eigenvalue weighted by atomic mass is 9.95. The Bertz CT molecular complexity index is 944. The minimum absolute atomic E-state index is 0. The molecule has 1 fully saturated rings. The van der Waals surface area contributed by atoms with Crippen molar-refractivity contribution in [3.8, 4) is 11.4 Å². The first-order valence-electron chi connectivity index (χ1n) is 10.2. The third-order valence-electron chi connectivity index (χ3n) is 5.61. The Morgan fingerprint density at radius 1 is 1.10 bits per heavy atom. The second-order valence-electron chi connectivity index (χ2n) is 7.54. The van der Waals surface area contributed by atoms with Gasteiger partial charge < -0.3 is 11.1 Å². The van der Waals surface area contributed by atoms with E-state index in [1.165, 1.54) is 0 Å². The van der Waals surface area contributed by atoms with Crippen LogP contribution in [0.25, 0.3) is 11.4 Å². The molecule has 8 heteroatoms. The standard InChI is InChI=1S/C22H26N6O.ClH/c23-15-18-7-4-8-20(18)22(29)24-19-11-9-16(10-12-19)13-14-28-26-21(25-27-28)17-5-2-1-3-6-17;/h1-3,5-6,9-12,18,20H,4,7-8,13-15,23H2,(H,24,29);1H/t18-,20-;/m1./s1. The van der Waals surface area contributed by atoms with Crippen molar-refractivity contribution in [3.05, 3.63) is 60.2 Å². The zero-order valence-corrected chi connectivity index (χ0v) is 17.6. The SMILES string of the molecule is Cl.NC[C@H]1CCC[C@H]1C(=O)Nc1ccc(CCn2nnc(-c3ccccc3)n2)cc1. The summed E-state index contributed by atoms with van der Waals surface area (Å²) in [5.74, 6) is 1.07. The highest BCUT2D eigenvalue weighted by atomic mass is 35.5. The van der Waals surface area contributed by atoms with Crippen LogP contribution in [0.5, 0.6) is 0 Å². The molecule has 1 aliphatic rings. The van der Waals surface area contributed by atoms with Crippen LogP contribution >= 0.6 is 12.4 Å². The highest BCUT2D eigenvalue weighted by molar-refractivity contribution is 5.92. The molecular weight excluding hydrogens is 400 g/mol. The van der Waals surface area contributed by atoms with Gasteiger partial charge in [-0.15, -0.1) is 22.6 Å². The maximum Gasteiger partial charge on any atom is 0.227 e. The van der Waals surface area contributed by atoms with E-state index in [1.807, 2.05) is 54.6 Å². The zero-order chi connectivity index (χ0) is 20.1. The molecule has 0 bridgehead atoms. The zero-order valence-electron chi connectivity index (χ0n) is 16.8. The molecule has 0 spiro atoms. The van der Waals surface area contributed by atoms with Gasteiger partial charge in [0.15, 0.2) is 0 Å². The summed E-state index contributed by atoms with van der Waals surface area (Å²) in [5, 5.41) is 15.7. The Hall–Kier alpha value is -2.77. The summed E-state index contributed by atoms with van der Waals surface area (Å²) in [6, 6.07) is 17.8. The van der Waals surface area contributed by atoms with Crippen LogP contribution in [0.15, 0.2) is 54.6 Å². The van der Waals surface area contributed by atoms with Gasteiger partial charge in [-0.2, -0.15) is 4.80 Å². The number of anilines is 1. The molecule has 0 unspecified atom stereocenters. The van der Waals surface area contributed by atoms with E-state index >= 15 is 0 Å². The number of amides is 1. The first-order valence-corrected chi connectivity index (χ1v) is 10.2. The molecule has 1 aromatic heterocycles. The highest BCUT2D eigenvalue weighted by Crippen LogP contribution is 2.31. The lowest BCUT2D eigenvalue weighted by Crippen LogP contribution is -2.29. The molecule has 1 amide bonds. The van der Waals surface area contributed by atoms with Gasteiger partial charge in [0.2, 0.25) is 11.7 Å². The topological polar surface area (TPSA) is 98.7 Å². The number of aromatic nitrogens is 4. The van der Waals surface area contributed by atoms with Crippen LogP contribution in [0.2, 0.25) is 0 Å². The fourth-order valence-corrected chi connectivity index (χ4v) is 3.92. The molecule has 0 saturated heterocycles. The molecule has 30 heavy (non-hydrogen) atoms. The predicted molar refractivity (Wildman–Crippen MR) is 119 cm³/mol. The average Bonchev–Trinajstić information content (AvgIpc) is 3.43. The van der Waals surface area contributed by atoms with Crippen molar-refractivity contribution in [2.45, 2.75) is 32.2 Å². The quantitative estimate of drug-likeness (QED) is 0.603. The monoisotopic (exact) mass is 426 g/mol. The van der Waals surface area contributed by atoms with Gasteiger partial charge in [0, 0.05) is 17.2 Å². The molecule has 1 heterocycles. The second-order valence-corrected chi connectivity index (χ2v) is 7.54. The number of benzene rings is 2. The maximum absolute atomic E-state index is 12.5. The third kappa shape index (κ3) is 5.23. The first kappa shape index (κ1) is 21.9. The summed E-state index contributed by atoms with van der Waals surface area (Å²) >= 11 is 0. The second kappa shape index (κ2) is 10.3. The number of hydrogen-bond donors (Lipinski definition) is 2. The van der Waals surface area contributed by atoms with Crippen LogP contribution < -0.4 is 11.1 Å². The Kier molecular flexibility index (Phi) is 7.54. The molecule has 0 radical (unpaired) electrons. The molecule has 1 aliphatic carbocycles. The summed E-state index contributed by atoms with van der Waals surface area (Å²) in [6.45, 7) is 1.23. The molecule has 2 aromatic carbocycles. The number of nitrogens with two attached hydrogens (primary N) is 1. The summed E-state index contributed by atoms with van der Waals surface area (Å²) in [6.07, 6.45) is 3.86. The molecule has 0 aliphatic heterocycles. The highest BCUT2D eigenvalue weighted by Gasteiger charge is 2.31. The van der Waals surface area contributed by atoms with E-state index in [2.05, 4.69) is 20.7 Å². The van der Waals surface area contributed by atoms with Crippen LogP contribution in [-0.2, 0) is 17.8 Å². The Labute approximate surface area is 182 Å². The maximum atomic E-state index is 12.5. The number of aryl methyl sites for hydroxylation is 2. The number of tetrazole rings is 1. The summed E-state index contributed by atoms with van der Waals surface area (Å²) < 4.78 is 0. The van der Waals surface area contributed by atoms with Gasteiger partial charge in [0.05, 0.1) is 6.54 Å². The third-order valence-corrected chi connectivity index (χ3v) is 5.61. The van der Waals surface area contributed by atoms with Crippen LogP contribution in [0.1, 0.15) is 24.8 Å². The fourth-order valence-electron chi connectivity index (χ4n) is 3.92. The molecule has 4 rings (SSSR count). The number of rotatable bonds is 7. The van der Waals surface area contributed by atoms with Crippen molar-refractivity contribution in [2.75, 3.05) is 11.9 Å². The molecule has 158 valence electrons. The normalized spacial score (nSPS) is 18.0. The average molecular weight is 427 g/mol. The summed E-state index contributed by atoms with van der Waals surface area (Å²) in [7, 11) is 0. The Morgan fingerprint density at radius 2 is 1.87 bits per heavy atom. The van der Waals surface area contributed by atoms with Gasteiger partial charge in [-0.3, -0.25) is 4.79 Å². The van der Waals surface area contributed by atoms with E-state index in [1.54, 1.807) is 4.80 Å². The number of hydrogen-bond acceptors (Lipinski definition) is 5. The van der Waals surface area contributed by atoms with Crippen LogP contribution in [-0.4, -0.2) is 32.7 Å². The van der Waals surface area contributed by atoms with Crippen LogP contribution in [0.3, 0.4) is 0 Å². The number of carbonyl (C=O) groups excluding carboxylic acids is 1. The van der Waals surface area contributed by atoms with Gasteiger partial charge >= 0.3 is 0 Å². The van der Waals surface area contributed by atoms with E-state index in [0.717, 1.165) is 42.5 Å². The predicted octanol–water partition coefficient (Wildman–Crippen LogP) is 3.32. The first-order chi connectivity index (χ1) is 14.2. The number of carbonyl (C=O) groups is 1. The van der Waals surface area contributed by atoms with E-state index in [4.69, 9.17) is 5.73 Å². The molecule has 3 N–H and O–H groups in total. The van der Waals surface area contributed by atoms with E-state index in [9.17, 15) is 4.79 Å². The Morgan fingerprint density at radius 3 is 2.60 bits per heavy atom. The number of nitrogens with zero attached hydrogens (tertiary/aromatic N) is 4. The number of nitrogens with one attached hydrogen (secondary N) is 1. The van der Waals surface area contributed by atoms with Gasteiger partial charge in [-0.25, -0.2) is 0 Å². The molecule has 7 nitrogen and oxygen atoms in total. The minimum Gasteiger partial charge on any atom is -0.330 e. The smallest absolute Gasteiger partial charge is 0.227 e. The van der Waals surface area contributed by atoms with E-state index in [-0.39, 0.29) is 24.2 Å². The van der Waals surface area contributed by atoms with Crippen LogP contribution in [0, 0.1) is 11.8 Å².